The molecule has 1 atom stereocenters. The minimum atomic E-state index is -0.213. The first-order valence-electron chi connectivity index (χ1n) is 7.88. The molecule has 0 fully saturated rings. The van der Waals surface area contributed by atoms with Crippen LogP contribution in [0.2, 0.25) is 0 Å². The molecule has 0 radical (unpaired) electrons. The fourth-order valence-corrected chi connectivity index (χ4v) is 3.25. The van der Waals surface area contributed by atoms with E-state index in [0.717, 1.165) is 22.1 Å². The van der Waals surface area contributed by atoms with Crippen molar-refractivity contribution in [1.29, 1.82) is 0 Å². The Morgan fingerprint density at radius 3 is 2.76 bits per heavy atom. The topological polar surface area (TPSA) is 72.7 Å². The molecule has 25 heavy (non-hydrogen) atoms. The van der Waals surface area contributed by atoms with Gasteiger partial charge >= 0.3 is 0 Å². The molecule has 0 bridgehead atoms. The number of nitrogens with zero attached hydrogens (tertiary/aromatic N) is 4. The van der Waals surface area contributed by atoms with Crippen LogP contribution in [0.3, 0.4) is 0 Å². The molecule has 3 aromatic rings. The van der Waals surface area contributed by atoms with Gasteiger partial charge in [-0.15, -0.1) is 10.2 Å². The molecule has 0 aliphatic rings. The largest absolute Gasteiger partial charge is 0.321 e. The van der Waals surface area contributed by atoms with Crippen LogP contribution in [0.15, 0.2) is 53.9 Å². The van der Waals surface area contributed by atoms with Gasteiger partial charge in [0.1, 0.15) is 12.0 Å². The highest BCUT2D eigenvalue weighted by atomic mass is 32.2. The number of pyridine rings is 1. The van der Waals surface area contributed by atoms with E-state index in [0.29, 0.717) is 5.69 Å². The Morgan fingerprint density at radius 2 is 2.04 bits per heavy atom. The highest BCUT2D eigenvalue weighted by molar-refractivity contribution is 7.99. The molecule has 0 aliphatic heterocycles. The lowest BCUT2D eigenvalue weighted by Gasteiger charge is -2.13. The van der Waals surface area contributed by atoms with Gasteiger partial charge in [0.05, 0.1) is 0 Å². The zero-order chi connectivity index (χ0) is 17.8. The van der Waals surface area contributed by atoms with Crippen LogP contribution in [-0.4, -0.2) is 25.7 Å². The van der Waals surface area contributed by atoms with Crippen molar-refractivity contribution >= 4 is 23.4 Å². The van der Waals surface area contributed by atoms with Gasteiger partial charge in [-0.3, -0.25) is 4.79 Å². The molecular weight excluding hydrogens is 334 g/mol. The van der Waals surface area contributed by atoms with Gasteiger partial charge in [0.2, 0.25) is 0 Å². The average Bonchev–Trinajstić information content (AvgIpc) is 3.00. The van der Waals surface area contributed by atoms with Crippen molar-refractivity contribution in [3.63, 3.8) is 0 Å². The van der Waals surface area contributed by atoms with E-state index in [9.17, 15) is 4.79 Å². The Bertz CT molecular complexity index is 892. The van der Waals surface area contributed by atoms with E-state index in [1.807, 2.05) is 54.9 Å². The summed E-state index contributed by atoms with van der Waals surface area (Å²) in [5.74, 6) is -0.213. The van der Waals surface area contributed by atoms with Crippen molar-refractivity contribution in [1.82, 2.24) is 19.7 Å². The quantitative estimate of drug-likeness (QED) is 0.709. The second kappa shape index (κ2) is 7.48. The summed E-state index contributed by atoms with van der Waals surface area (Å²) in [5.41, 5.74) is 3.07. The number of hydrogen-bond acceptors (Lipinski definition) is 5. The van der Waals surface area contributed by atoms with E-state index < -0.39 is 0 Å². The minimum absolute atomic E-state index is 0.178. The third kappa shape index (κ3) is 4.24. The van der Waals surface area contributed by atoms with Crippen molar-refractivity contribution < 1.29 is 4.79 Å². The predicted molar refractivity (Wildman–Crippen MR) is 98.6 cm³/mol. The Balaban J connectivity index is 1.73. The van der Waals surface area contributed by atoms with E-state index in [1.165, 1.54) is 0 Å². The number of hydrogen-bond donors (Lipinski definition) is 1. The second-order valence-corrected chi connectivity index (χ2v) is 7.04. The molecule has 1 N–H and O–H groups in total. The molecule has 128 valence electrons. The molecule has 0 saturated heterocycles. The third-order valence-corrected chi connectivity index (χ3v) is 4.89. The van der Waals surface area contributed by atoms with Gasteiger partial charge in [0.25, 0.3) is 5.91 Å². The van der Waals surface area contributed by atoms with E-state index in [2.05, 4.69) is 27.4 Å². The van der Waals surface area contributed by atoms with E-state index in [1.54, 1.807) is 24.2 Å². The van der Waals surface area contributed by atoms with Gasteiger partial charge in [0.15, 0.2) is 5.16 Å². The Labute approximate surface area is 150 Å². The SMILES string of the molecule is Cc1cccc(C(=O)Nc2cccc(C(C)Sc3nncn3C)c2)n1. The maximum absolute atomic E-state index is 12.3. The van der Waals surface area contributed by atoms with Gasteiger partial charge in [-0.25, -0.2) is 4.98 Å². The summed E-state index contributed by atoms with van der Waals surface area (Å²) in [6, 6.07) is 13.2. The van der Waals surface area contributed by atoms with Crippen LogP contribution >= 0.6 is 11.8 Å². The number of rotatable bonds is 5. The first-order chi connectivity index (χ1) is 12.0. The summed E-state index contributed by atoms with van der Waals surface area (Å²) >= 11 is 1.62. The summed E-state index contributed by atoms with van der Waals surface area (Å²) < 4.78 is 1.89. The summed E-state index contributed by atoms with van der Waals surface area (Å²) in [6.07, 6.45) is 1.68. The van der Waals surface area contributed by atoms with Gasteiger partial charge in [-0.2, -0.15) is 0 Å². The molecule has 1 aromatic carbocycles. The van der Waals surface area contributed by atoms with Crippen LogP contribution in [-0.2, 0) is 7.05 Å². The number of anilines is 1. The number of aryl methyl sites for hydroxylation is 2. The Kier molecular flexibility index (Phi) is 5.14. The molecule has 0 saturated carbocycles. The zero-order valence-electron chi connectivity index (χ0n) is 14.3. The van der Waals surface area contributed by atoms with E-state index in [4.69, 9.17) is 0 Å². The summed E-state index contributed by atoms with van der Waals surface area (Å²) in [7, 11) is 1.92. The van der Waals surface area contributed by atoms with E-state index >= 15 is 0 Å². The lowest BCUT2D eigenvalue weighted by Crippen LogP contribution is -2.14. The van der Waals surface area contributed by atoms with Crippen molar-refractivity contribution in [2.75, 3.05) is 5.32 Å². The molecule has 1 amide bonds. The molecule has 6 nitrogen and oxygen atoms in total. The number of amides is 1. The summed E-state index contributed by atoms with van der Waals surface area (Å²) in [5, 5.41) is 11.9. The van der Waals surface area contributed by atoms with Crippen molar-refractivity contribution in [2.45, 2.75) is 24.3 Å². The van der Waals surface area contributed by atoms with Crippen molar-refractivity contribution in [2.24, 2.45) is 7.05 Å². The number of nitrogens with one attached hydrogen (secondary N) is 1. The number of benzene rings is 1. The van der Waals surface area contributed by atoms with Crippen LogP contribution < -0.4 is 5.32 Å². The zero-order valence-corrected chi connectivity index (χ0v) is 15.1. The smallest absolute Gasteiger partial charge is 0.274 e. The summed E-state index contributed by atoms with van der Waals surface area (Å²) in [6.45, 7) is 3.96. The molecule has 1 unspecified atom stereocenters. The predicted octanol–water partition coefficient (Wildman–Crippen LogP) is 3.62. The van der Waals surface area contributed by atoms with Gasteiger partial charge in [-0.05, 0) is 43.7 Å². The summed E-state index contributed by atoms with van der Waals surface area (Å²) in [4.78, 5) is 16.6. The molecule has 7 heteroatoms. The number of carbonyl (C=O) groups excluding carboxylic acids is 1. The molecule has 3 rings (SSSR count). The molecular formula is C18H19N5OS. The van der Waals surface area contributed by atoms with Crippen LogP contribution in [0.1, 0.15) is 33.9 Å². The normalized spacial score (nSPS) is 12.0. The Hall–Kier alpha value is -2.67. The highest BCUT2D eigenvalue weighted by Gasteiger charge is 2.13. The van der Waals surface area contributed by atoms with Gasteiger partial charge < -0.3 is 9.88 Å². The van der Waals surface area contributed by atoms with Crippen LogP contribution in [0, 0.1) is 6.92 Å². The van der Waals surface area contributed by atoms with Gasteiger partial charge in [-0.1, -0.05) is 30.0 Å². The first-order valence-corrected chi connectivity index (χ1v) is 8.76. The third-order valence-electron chi connectivity index (χ3n) is 3.69. The molecule has 2 heterocycles. The average molecular weight is 353 g/mol. The fraction of sp³-hybridized carbons (Fsp3) is 0.222. The van der Waals surface area contributed by atoms with Crippen LogP contribution in [0.25, 0.3) is 0 Å². The van der Waals surface area contributed by atoms with Crippen molar-refractivity contribution in [3.05, 3.63) is 65.7 Å². The lowest BCUT2D eigenvalue weighted by molar-refractivity contribution is 0.102. The Morgan fingerprint density at radius 1 is 1.24 bits per heavy atom. The maximum atomic E-state index is 12.3. The van der Waals surface area contributed by atoms with E-state index in [-0.39, 0.29) is 11.2 Å². The van der Waals surface area contributed by atoms with Crippen LogP contribution in [0.4, 0.5) is 5.69 Å². The lowest BCUT2D eigenvalue weighted by atomic mass is 10.1. The maximum Gasteiger partial charge on any atom is 0.274 e. The standard InChI is InChI=1S/C18H19N5OS/c1-12-6-4-9-16(20-12)17(24)21-15-8-5-7-14(10-15)13(2)25-18-22-19-11-23(18)3/h4-11,13H,1-3H3,(H,21,24). The number of carbonyl (C=O) groups is 1. The number of thioether (sulfide) groups is 1. The van der Waals surface area contributed by atoms with Gasteiger partial charge in [0, 0.05) is 23.7 Å². The molecule has 0 spiro atoms. The first kappa shape index (κ1) is 17.2. The second-order valence-electron chi connectivity index (χ2n) is 5.73. The monoisotopic (exact) mass is 353 g/mol. The molecule has 2 aromatic heterocycles. The van der Waals surface area contributed by atoms with Crippen molar-refractivity contribution in [3.8, 4) is 0 Å². The highest BCUT2D eigenvalue weighted by Crippen LogP contribution is 2.34. The fourth-order valence-electron chi connectivity index (χ4n) is 2.34. The minimum Gasteiger partial charge on any atom is -0.321 e. The molecule has 0 aliphatic carbocycles. The number of aromatic nitrogens is 4. The van der Waals surface area contributed by atoms with Crippen LogP contribution in [0.5, 0.6) is 0 Å².